The second-order valence-corrected chi connectivity index (χ2v) is 6.92. The summed E-state index contributed by atoms with van der Waals surface area (Å²) in [5, 5.41) is 0.483. The van der Waals surface area contributed by atoms with E-state index in [1.165, 1.54) is 33.7 Å². The number of carbonyl (C=O) groups is 1. The van der Waals surface area contributed by atoms with E-state index in [0.717, 1.165) is 5.56 Å². The predicted molar refractivity (Wildman–Crippen MR) is 106 cm³/mol. The van der Waals surface area contributed by atoms with Gasteiger partial charge in [0, 0.05) is 11.9 Å². The molecule has 1 atom stereocenters. The molecular weight excluding hydrogens is 359 g/mol. The topological polar surface area (TPSA) is 82.9 Å². The minimum atomic E-state index is -0.587. The van der Waals surface area contributed by atoms with Gasteiger partial charge in [0.2, 0.25) is 5.91 Å². The van der Waals surface area contributed by atoms with Gasteiger partial charge in [-0.3, -0.25) is 14.2 Å². The number of nitrogens with zero attached hydrogens (tertiary/aromatic N) is 3. The third kappa shape index (κ3) is 3.05. The molecule has 0 fully saturated rings. The fraction of sp³-hybridized carbons (Fsp3) is 0.190. The average molecular weight is 378 g/mol. The lowest BCUT2D eigenvalue weighted by Gasteiger charge is -2.14. The predicted octanol–water partition coefficient (Wildman–Crippen LogP) is 2.78. The van der Waals surface area contributed by atoms with Crippen LogP contribution in [0.15, 0.2) is 59.7 Å². The number of aromatic nitrogens is 3. The molecule has 0 radical (unpaired) electrons. The summed E-state index contributed by atoms with van der Waals surface area (Å²) in [6.07, 6.45) is 1.48. The Morgan fingerprint density at radius 1 is 1.21 bits per heavy atom. The Kier molecular flexibility index (Phi) is 4.43. The SMILES string of the molecule is C[C@@H](Cn1cnc2c3cc(F)ccc3n(CC(N)=O)c2c1=O)c1ccccc1. The summed E-state index contributed by atoms with van der Waals surface area (Å²) in [6.45, 7) is 2.28. The molecule has 2 aromatic heterocycles. The van der Waals surface area contributed by atoms with Gasteiger partial charge < -0.3 is 10.3 Å². The maximum atomic E-state index is 13.8. The average Bonchev–Trinajstić information content (AvgIpc) is 2.97. The van der Waals surface area contributed by atoms with Crippen molar-refractivity contribution in [3.8, 4) is 0 Å². The first kappa shape index (κ1) is 17.9. The maximum Gasteiger partial charge on any atom is 0.277 e. The minimum Gasteiger partial charge on any atom is -0.368 e. The molecule has 0 aliphatic carbocycles. The summed E-state index contributed by atoms with van der Waals surface area (Å²) >= 11 is 0. The highest BCUT2D eigenvalue weighted by Gasteiger charge is 2.19. The first-order valence-electron chi connectivity index (χ1n) is 8.96. The summed E-state index contributed by atoms with van der Waals surface area (Å²) < 4.78 is 16.8. The number of nitrogens with two attached hydrogens (primary N) is 1. The molecule has 4 aromatic rings. The largest absolute Gasteiger partial charge is 0.368 e. The van der Waals surface area contributed by atoms with Gasteiger partial charge in [0.05, 0.1) is 11.8 Å². The molecule has 0 saturated heterocycles. The van der Waals surface area contributed by atoms with Crippen LogP contribution in [0.25, 0.3) is 21.9 Å². The summed E-state index contributed by atoms with van der Waals surface area (Å²) in [6, 6.07) is 14.0. The molecule has 4 rings (SSSR count). The molecule has 2 heterocycles. The second-order valence-electron chi connectivity index (χ2n) is 6.92. The van der Waals surface area contributed by atoms with Gasteiger partial charge in [0.1, 0.15) is 23.4 Å². The highest BCUT2D eigenvalue weighted by molar-refractivity contribution is 6.06. The molecule has 2 aromatic carbocycles. The van der Waals surface area contributed by atoms with Gasteiger partial charge in [0.15, 0.2) is 0 Å². The molecule has 1 amide bonds. The van der Waals surface area contributed by atoms with Gasteiger partial charge in [-0.05, 0) is 29.7 Å². The number of hydrogen-bond donors (Lipinski definition) is 1. The van der Waals surface area contributed by atoms with E-state index in [4.69, 9.17) is 5.73 Å². The van der Waals surface area contributed by atoms with Gasteiger partial charge in [-0.25, -0.2) is 9.37 Å². The van der Waals surface area contributed by atoms with E-state index in [2.05, 4.69) is 4.98 Å². The van der Waals surface area contributed by atoms with E-state index in [1.807, 2.05) is 37.3 Å². The molecule has 0 unspecified atom stereocenters. The van der Waals surface area contributed by atoms with Crippen molar-refractivity contribution >= 4 is 27.8 Å². The molecule has 142 valence electrons. The molecule has 0 saturated carbocycles. The van der Waals surface area contributed by atoms with Crippen molar-refractivity contribution in [3.05, 3.63) is 76.6 Å². The van der Waals surface area contributed by atoms with Gasteiger partial charge in [0.25, 0.3) is 5.56 Å². The van der Waals surface area contributed by atoms with Crippen LogP contribution in [0.1, 0.15) is 18.4 Å². The summed E-state index contributed by atoms with van der Waals surface area (Å²) in [5.41, 5.74) is 7.36. The Labute approximate surface area is 160 Å². The van der Waals surface area contributed by atoms with E-state index in [0.29, 0.717) is 23.0 Å². The number of primary amides is 1. The standard InChI is InChI=1S/C21H19FN4O2/c1-13(14-5-3-2-4-6-14)10-25-12-24-19-16-9-15(22)7-8-17(16)26(11-18(23)27)20(19)21(25)28/h2-9,12-13H,10-11H2,1H3,(H2,23,27)/t13-/m0/s1. The van der Waals surface area contributed by atoms with E-state index >= 15 is 0 Å². The van der Waals surface area contributed by atoms with Gasteiger partial charge in [-0.1, -0.05) is 37.3 Å². The van der Waals surface area contributed by atoms with Crippen LogP contribution in [0.2, 0.25) is 0 Å². The van der Waals surface area contributed by atoms with Gasteiger partial charge >= 0.3 is 0 Å². The van der Waals surface area contributed by atoms with Crippen molar-refractivity contribution in [3.63, 3.8) is 0 Å². The van der Waals surface area contributed by atoms with Gasteiger partial charge in [-0.2, -0.15) is 0 Å². The smallest absolute Gasteiger partial charge is 0.277 e. The van der Waals surface area contributed by atoms with Crippen molar-refractivity contribution in [1.29, 1.82) is 0 Å². The fourth-order valence-corrected chi connectivity index (χ4v) is 3.60. The molecule has 7 heteroatoms. The normalized spacial score (nSPS) is 12.5. The third-order valence-corrected chi connectivity index (χ3v) is 4.94. The molecule has 6 nitrogen and oxygen atoms in total. The van der Waals surface area contributed by atoms with E-state index in [-0.39, 0.29) is 23.5 Å². The number of fused-ring (bicyclic) bond motifs is 3. The monoisotopic (exact) mass is 378 g/mol. The Bertz CT molecular complexity index is 1240. The van der Waals surface area contributed by atoms with Crippen LogP contribution in [0.5, 0.6) is 0 Å². The molecule has 0 spiro atoms. The summed E-state index contributed by atoms with van der Waals surface area (Å²) in [5.74, 6) is -0.936. The van der Waals surface area contributed by atoms with Gasteiger partial charge in [-0.15, -0.1) is 0 Å². The first-order chi connectivity index (χ1) is 13.5. The summed E-state index contributed by atoms with van der Waals surface area (Å²) in [7, 11) is 0. The lowest BCUT2D eigenvalue weighted by Crippen LogP contribution is -2.26. The number of amides is 1. The quantitative estimate of drug-likeness (QED) is 0.580. The zero-order valence-corrected chi connectivity index (χ0v) is 15.3. The lowest BCUT2D eigenvalue weighted by atomic mass is 10.0. The third-order valence-electron chi connectivity index (χ3n) is 4.94. The number of halogens is 1. The number of rotatable bonds is 5. The fourth-order valence-electron chi connectivity index (χ4n) is 3.60. The van der Waals surface area contributed by atoms with Crippen LogP contribution in [0, 0.1) is 5.82 Å². The van der Waals surface area contributed by atoms with Crippen molar-refractivity contribution in [2.24, 2.45) is 5.73 Å². The zero-order valence-electron chi connectivity index (χ0n) is 15.3. The van der Waals surface area contributed by atoms with Crippen molar-refractivity contribution in [2.45, 2.75) is 25.9 Å². The van der Waals surface area contributed by atoms with Crippen molar-refractivity contribution in [1.82, 2.24) is 14.1 Å². The van der Waals surface area contributed by atoms with Crippen molar-refractivity contribution in [2.75, 3.05) is 0 Å². The molecule has 2 N–H and O–H groups in total. The van der Waals surface area contributed by atoms with Crippen LogP contribution in [-0.4, -0.2) is 20.0 Å². The Morgan fingerprint density at radius 2 is 1.96 bits per heavy atom. The molecule has 28 heavy (non-hydrogen) atoms. The van der Waals surface area contributed by atoms with Crippen molar-refractivity contribution < 1.29 is 9.18 Å². The van der Waals surface area contributed by atoms with E-state index in [9.17, 15) is 14.0 Å². The Balaban J connectivity index is 1.89. The second kappa shape index (κ2) is 6.92. The number of benzene rings is 2. The zero-order chi connectivity index (χ0) is 19.8. The van der Waals surface area contributed by atoms with Crippen LogP contribution in [0.3, 0.4) is 0 Å². The maximum absolute atomic E-state index is 13.8. The number of carbonyl (C=O) groups excluding carboxylic acids is 1. The molecule has 0 aliphatic heterocycles. The van der Waals surface area contributed by atoms with Crippen LogP contribution in [0.4, 0.5) is 4.39 Å². The Morgan fingerprint density at radius 3 is 2.68 bits per heavy atom. The van der Waals surface area contributed by atoms with Crippen LogP contribution < -0.4 is 11.3 Å². The first-order valence-corrected chi connectivity index (χ1v) is 8.96. The Hall–Kier alpha value is -3.48. The van der Waals surface area contributed by atoms with Crippen LogP contribution in [-0.2, 0) is 17.9 Å². The minimum absolute atomic E-state index is 0.0876. The summed E-state index contributed by atoms with van der Waals surface area (Å²) in [4.78, 5) is 29.2. The molecular formula is C21H19FN4O2. The highest BCUT2D eigenvalue weighted by Crippen LogP contribution is 2.26. The highest BCUT2D eigenvalue weighted by atomic mass is 19.1. The van der Waals surface area contributed by atoms with Crippen LogP contribution >= 0.6 is 0 Å². The van der Waals surface area contributed by atoms with E-state index < -0.39 is 11.7 Å². The number of hydrogen-bond acceptors (Lipinski definition) is 3. The lowest BCUT2D eigenvalue weighted by molar-refractivity contribution is -0.118. The van der Waals surface area contributed by atoms with E-state index in [1.54, 1.807) is 0 Å². The molecule has 0 aliphatic rings. The molecule has 0 bridgehead atoms.